The van der Waals surface area contributed by atoms with Gasteiger partial charge in [-0.15, -0.1) is 0 Å². The average Bonchev–Trinajstić information content (AvgIpc) is 2.50. The summed E-state index contributed by atoms with van der Waals surface area (Å²) in [6.07, 6.45) is 0. The van der Waals surface area contributed by atoms with Crippen molar-refractivity contribution in [3.8, 4) is 0 Å². The van der Waals surface area contributed by atoms with E-state index >= 15 is 0 Å². The second kappa shape index (κ2) is 7.59. The summed E-state index contributed by atoms with van der Waals surface area (Å²) in [7, 11) is 1.78. The normalized spacial score (nSPS) is 12.3. The molecule has 0 spiro atoms. The first-order valence-electron chi connectivity index (χ1n) is 6.27. The molecule has 0 aliphatic heterocycles. The molecule has 98 valence electrons. The summed E-state index contributed by atoms with van der Waals surface area (Å²) in [4.78, 5) is 4.71. The van der Waals surface area contributed by atoms with Crippen molar-refractivity contribution in [2.75, 3.05) is 11.0 Å². The van der Waals surface area contributed by atoms with Crippen LogP contribution in [0.2, 0.25) is 0 Å². The quantitative estimate of drug-likeness (QED) is 0.780. The van der Waals surface area contributed by atoms with Gasteiger partial charge in [-0.25, -0.2) is 0 Å². The first kappa shape index (κ1) is 15.3. The van der Waals surface area contributed by atoms with Crippen LogP contribution in [0.25, 0.3) is 0 Å². The van der Waals surface area contributed by atoms with E-state index in [0.29, 0.717) is 12.1 Å². The number of hydrogen-bond donors (Lipinski definition) is 0. The number of nitrogens with zero attached hydrogens (tertiary/aromatic N) is 2. The first-order chi connectivity index (χ1) is 8.56. The Morgan fingerprint density at radius 1 is 1.11 bits per heavy atom. The van der Waals surface area contributed by atoms with Crippen molar-refractivity contribution in [2.45, 2.75) is 39.8 Å². The van der Waals surface area contributed by atoms with Crippen LogP contribution in [0.5, 0.6) is 0 Å². The molecule has 0 saturated heterocycles. The van der Waals surface area contributed by atoms with E-state index in [4.69, 9.17) is 8.76 Å². The molecular formula is C14H22GeN2O. The molecule has 0 bridgehead atoms. The molecule has 0 aromatic heterocycles. The van der Waals surface area contributed by atoms with Gasteiger partial charge in [0.15, 0.2) is 0 Å². The number of rotatable bonds is 5. The Morgan fingerprint density at radius 3 is 2.33 bits per heavy atom. The summed E-state index contributed by atoms with van der Waals surface area (Å²) in [5.41, 5.74) is 1.17. The van der Waals surface area contributed by atoms with Gasteiger partial charge in [0, 0.05) is 0 Å². The Morgan fingerprint density at radius 2 is 1.78 bits per heavy atom. The second-order valence-electron chi connectivity index (χ2n) is 4.66. The van der Waals surface area contributed by atoms with Crippen LogP contribution >= 0.6 is 0 Å². The Balaban J connectivity index is 3.33. The van der Waals surface area contributed by atoms with Crippen molar-refractivity contribution < 1.29 is 3.76 Å². The molecule has 1 rings (SSSR count). The molecule has 0 aliphatic carbocycles. The van der Waals surface area contributed by atoms with E-state index in [2.05, 4.69) is 49.8 Å². The maximum atomic E-state index is 5.42. The van der Waals surface area contributed by atoms with E-state index in [-0.39, 0.29) is 0 Å². The standard InChI is InChI=1S/C14H22GeN2O/c1-11(2)16-13-9-7-6-8-10-14(13)17(12(3)4)15-18-5/h6-12H,1-5H3. The first-order valence-corrected chi connectivity index (χ1v) is 8.06. The van der Waals surface area contributed by atoms with Crippen molar-refractivity contribution in [3.63, 3.8) is 0 Å². The van der Waals surface area contributed by atoms with Gasteiger partial charge in [0.25, 0.3) is 0 Å². The molecule has 4 heteroatoms. The Hall–Kier alpha value is -0.807. The Kier molecular flexibility index (Phi) is 6.43. The zero-order chi connectivity index (χ0) is 13.5. The maximum absolute atomic E-state index is 5.42. The molecule has 2 radical (unpaired) electrons. The van der Waals surface area contributed by atoms with E-state index in [1.54, 1.807) is 7.11 Å². The van der Waals surface area contributed by atoms with Crippen LogP contribution in [0.1, 0.15) is 27.7 Å². The van der Waals surface area contributed by atoms with Crippen LogP contribution in [0.15, 0.2) is 35.3 Å². The van der Waals surface area contributed by atoms with Crippen molar-refractivity contribution in [1.29, 1.82) is 0 Å². The van der Waals surface area contributed by atoms with E-state index in [1.165, 1.54) is 5.69 Å². The predicted molar refractivity (Wildman–Crippen MR) is 77.5 cm³/mol. The minimum atomic E-state index is -0.592. The molecule has 0 heterocycles. The van der Waals surface area contributed by atoms with Crippen molar-refractivity contribution in [1.82, 2.24) is 0 Å². The van der Waals surface area contributed by atoms with E-state index in [9.17, 15) is 0 Å². The van der Waals surface area contributed by atoms with E-state index < -0.39 is 16.0 Å². The zero-order valence-electron chi connectivity index (χ0n) is 11.8. The van der Waals surface area contributed by atoms with Gasteiger partial charge in [-0.1, -0.05) is 0 Å². The summed E-state index contributed by atoms with van der Waals surface area (Å²) in [6, 6.07) is 11.1. The van der Waals surface area contributed by atoms with Gasteiger partial charge in [0.1, 0.15) is 0 Å². The van der Waals surface area contributed by atoms with Crippen LogP contribution in [-0.4, -0.2) is 35.2 Å². The fourth-order valence-electron chi connectivity index (χ4n) is 1.65. The molecule has 18 heavy (non-hydrogen) atoms. The second-order valence-corrected chi connectivity index (χ2v) is 6.91. The van der Waals surface area contributed by atoms with Crippen molar-refractivity contribution in [3.05, 3.63) is 35.7 Å². The monoisotopic (exact) mass is 308 g/mol. The van der Waals surface area contributed by atoms with Gasteiger partial charge in [-0.3, -0.25) is 0 Å². The molecule has 0 atom stereocenters. The van der Waals surface area contributed by atoms with Crippen LogP contribution in [0.4, 0.5) is 5.69 Å². The van der Waals surface area contributed by atoms with E-state index in [0.717, 1.165) is 5.36 Å². The average molecular weight is 307 g/mol. The van der Waals surface area contributed by atoms with Gasteiger partial charge in [0.2, 0.25) is 0 Å². The van der Waals surface area contributed by atoms with Crippen molar-refractivity contribution >= 4 is 21.7 Å². The summed E-state index contributed by atoms with van der Waals surface area (Å²) >= 11 is -0.592. The fraction of sp³-hybridized carbons (Fsp3) is 0.500. The van der Waals surface area contributed by atoms with Gasteiger partial charge >= 0.3 is 117 Å². The van der Waals surface area contributed by atoms with E-state index in [1.807, 2.05) is 12.1 Å². The van der Waals surface area contributed by atoms with Crippen LogP contribution in [0, 0.1) is 0 Å². The molecule has 0 aliphatic rings. The van der Waals surface area contributed by atoms with Gasteiger partial charge in [0.05, 0.1) is 0 Å². The molecule has 0 N–H and O–H groups in total. The minimum absolute atomic E-state index is 0.294. The third kappa shape index (κ3) is 4.46. The summed E-state index contributed by atoms with van der Waals surface area (Å²) in [5.74, 6) is 0. The molecular weight excluding hydrogens is 285 g/mol. The molecule has 3 nitrogen and oxygen atoms in total. The number of hydrogen-bond acceptors (Lipinski definition) is 3. The molecule has 0 unspecified atom stereocenters. The Bertz CT molecular complexity index is 432. The molecule has 1 aromatic carbocycles. The van der Waals surface area contributed by atoms with Crippen LogP contribution in [-0.2, 0) is 3.76 Å². The fourth-order valence-corrected chi connectivity index (χ4v) is 3.11. The molecule has 0 saturated carbocycles. The topological polar surface area (TPSA) is 24.8 Å². The molecule has 1 aromatic rings. The summed E-state index contributed by atoms with van der Waals surface area (Å²) < 4.78 is 7.75. The third-order valence-corrected chi connectivity index (χ3v) is 4.74. The summed E-state index contributed by atoms with van der Waals surface area (Å²) in [6.45, 7) is 8.58. The summed E-state index contributed by atoms with van der Waals surface area (Å²) in [5, 5.41) is 1.05. The third-order valence-electron chi connectivity index (χ3n) is 2.36. The van der Waals surface area contributed by atoms with Crippen LogP contribution in [0.3, 0.4) is 0 Å². The molecule has 0 amide bonds. The van der Waals surface area contributed by atoms with Gasteiger partial charge < -0.3 is 0 Å². The SMILES string of the molecule is C[O][Ge][N](c1cccccc1=NC(C)C)C(C)C. The predicted octanol–water partition coefficient (Wildman–Crippen LogP) is 2.39. The Labute approximate surface area is 117 Å². The van der Waals surface area contributed by atoms with Gasteiger partial charge in [-0.2, -0.15) is 0 Å². The number of anilines is 1. The molecule has 0 fully saturated rings. The van der Waals surface area contributed by atoms with Gasteiger partial charge in [-0.05, 0) is 0 Å². The van der Waals surface area contributed by atoms with Crippen molar-refractivity contribution in [2.24, 2.45) is 4.99 Å². The zero-order valence-corrected chi connectivity index (χ0v) is 13.9. The van der Waals surface area contributed by atoms with Crippen LogP contribution < -0.4 is 9.21 Å².